The molecule has 0 aliphatic rings. The van der Waals surface area contributed by atoms with Gasteiger partial charge >= 0.3 is 5.97 Å². The summed E-state index contributed by atoms with van der Waals surface area (Å²) >= 11 is 1.34. The predicted molar refractivity (Wildman–Crippen MR) is 75.6 cm³/mol. The van der Waals surface area contributed by atoms with Crippen molar-refractivity contribution >= 4 is 23.6 Å². The maximum atomic E-state index is 11.7. The van der Waals surface area contributed by atoms with Crippen molar-refractivity contribution in [1.29, 1.82) is 0 Å². The highest BCUT2D eigenvalue weighted by Gasteiger charge is 2.19. The van der Waals surface area contributed by atoms with Crippen LogP contribution < -0.4 is 5.32 Å². The van der Waals surface area contributed by atoms with Gasteiger partial charge in [-0.15, -0.1) is 11.8 Å². The Balaban J connectivity index is 2.36. The molecule has 1 amide bonds. The molecule has 1 aromatic heterocycles. The molecule has 7 heteroatoms. The third kappa shape index (κ3) is 6.53. The summed E-state index contributed by atoms with van der Waals surface area (Å²) in [5.74, 6) is -1.14. The summed E-state index contributed by atoms with van der Waals surface area (Å²) in [6.07, 6.45) is 4.23. The number of carbonyl (C=O) groups is 2. The smallest absolute Gasteiger partial charge is 0.326 e. The molecule has 0 spiro atoms. The number of nitrogens with zero attached hydrogens (tertiary/aromatic N) is 1. The van der Waals surface area contributed by atoms with Crippen LogP contribution in [-0.2, 0) is 14.3 Å². The topological polar surface area (TPSA) is 88.5 Å². The number of hydrogen-bond donors (Lipinski definition) is 2. The van der Waals surface area contributed by atoms with E-state index in [4.69, 9.17) is 9.84 Å². The lowest BCUT2D eigenvalue weighted by Gasteiger charge is -2.14. The minimum Gasteiger partial charge on any atom is -0.480 e. The summed E-state index contributed by atoms with van der Waals surface area (Å²) in [5, 5.41) is 11.6. The van der Waals surface area contributed by atoms with Crippen molar-refractivity contribution in [2.75, 3.05) is 19.5 Å². The van der Waals surface area contributed by atoms with Gasteiger partial charge in [-0.05, 0) is 25.0 Å². The van der Waals surface area contributed by atoms with Gasteiger partial charge in [0.2, 0.25) is 5.91 Å². The van der Waals surface area contributed by atoms with Crippen molar-refractivity contribution < 1.29 is 19.4 Å². The lowest BCUT2D eigenvalue weighted by Crippen LogP contribution is -2.41. The lowest BCUT2D eigenvalue weighted by atomic mass is 10.1. The fourth-order valence-corrected chi connectivity index (χ4v) is 2.20. The second-order valence-electron chi connectivity index (χ2n) is 4.06. The number of hydrogen-bond acceptors (Lipinski definition) is 5. The fourth-order valence-electron chi connectivity index (χ4n) is 1.51. The molecule has 0 saturated carbocycles. The Morgan fingerprint density at radius 3 is 2.75 bits per heavy atom. The normalized spacial score (nSPS) is 11.8. The van der Waals surface area contributed by atoms with Gasteiger partial charge in [-0.3, -0.25) is 9.78 Å². The van der Waals surface area contributed by atoms with Crippen molar-refractivity contribution in [2.24, 2.45) is 0 Å². The molecule has 1 heterocycles. The number of carboxylic acids is 1. The molecule has 6 nitrogen and oxygen atoms in total. The summed E-state index contributed by atoms with van der Waals surface area (Å²) in [4.78, 5) is 27.6. The van der Waals surface area contributed by atoms with E-state index in [2.05, 4.69) is 10.3 Å². The largest absolute Gasteiger partial charge is 0.480 e. The van der Waals surface area contributed by atoms with Crippen LogP contribution in [0.5, 0.6) is 0 Å². The standard InChI is InChI=1S/C13H18N2O4S/c1-19-8-2-3-11(13(17)18)15-12(16)9-20-10-4-6-14-7-5-10/h4-7,11H,2-3,8-9H2,1H3,(H,15,16)(H,17,18). The van der Waals surface area contributed by atoms with E-state index in [9.17, 15) is 9.59 Å². The minimum absolute atomic E-state index is 0.179. The molecule has 2 N–H and O–H groups in total. The van der Waals surface area contributed by atoms with Crippen molar-refractivity contribution in [2.45, 2.75) is 23.8 Å². The second-order valence-corrected chi connectivity index (χ2v) is 5.11. The first kappa shape index (κ1) is 16.5. The maximum absolute atomic E-state index is 11.7. The molecule has 1 aromatic rings. The molecule has 1 atom stereocenters. The van der Waals surface area contributed by atoms with E-state index in [1.165, 1.54) is 11.8 Å². The van der Waals surface area contributed by atoms with E-state index in [1.54, 1.807) is 31.6 Å². The summed E-state index contributed by atoms with van der Waals surface area (Å²) in [6.45, 7) is 0.478. The Bertz CT molecular complexity index is 428. The monoisotopic (exact) mass is 298 g/mol. The number of nitrogens with one attached hydrogen (secondary N) is 1. The Morgan fingerprint density at radius 1 is 1.45 bits per heavy atom. The van der Waals surface area contributed by atoms with Gasteiger partial charge in [0.15, 0.2) is 0 Å². The summed E-state index contributed by atoms with van der Waals surface area (Å²) in [6, 6.07) is 2.73. The summed E-state index contributed by atoms with van der Waals surface area (Å²) in [5.41, 5.74) is 0. The first-order valence-corrected chi connectivity index (χ1v) is 7.16. The van der Waals surface area contributed by atoms with Crippen LogP contribution in [0.2, 0.25) is 0 Å². The molecule has 0 saturated heterocycles. The highest BCUT2D eigenvalue weighted by atomic mass is 32.2. The number of carboxylic acid groups (broad SMARTS) is 1. The Morgan fingerprint density at radius 2 is 2.15 bits per heavy atom. The van der Waals surface area contributed by atoms with Crippen molar-refractivity contribution in [3.63, 3.8) is 0 Å². The molecule has 0 radical (unpaired) electrons. The third-order valence-corrected chi connectivity index (χ3v) is 3.51. The SMILES string of the molecule is COCCCC(NC(=O)CSc1ccncc1)C(=O)O. The quantitative estimate of drug-likeness (QED) is 0.525. The molecule has 110 valence electrons. The zero-order chi connectivity index (χ0) is 14.8. The maximum Gasteiger partial charge on any atom is 0.326 e. The van der Waals surface area contributed by atoms with Crippen molar-refractivity contribution in [3.05, 3.63) is 24.5 Å². The number of rotatable bonds is 9. The summed E-state index contributed by atoms with van der Waals surface area (Å²) < 4.78 is 4.87. The molecule has 0 aliphatic carbocycles. The molecule has 0 fully saturated rings. The van der Waals surface area contributed by atoms with Crippen LogP contribution in [0.25, 0.3) is 0 Å². The van der Waals surface area contributed by atoms with Gasteiger partial charge < -0.3 is 15.2 Å². The van der Waals surface area contributed by atoms with Gasteiger partial charge in [-0.25, -0.2) is 4.79 Å². The van der Waals surface area contributed by atoms with E-state index < -0.39 is 12.0 Å². The average Bonchev–Trinajstić information content (AvgIpc) is 2.45. The van der Waals surface area contributed by atoms with E-state index in [-0.39, 0.29) is 11.7 Å². The number of aromatic nitrogens is 1. The highest BCUT2D eigenvalue weighted by Crippen LogP contribution is 2.15. The third-order valence-electron chi connectivity index (χ3n) is 2.49. The Kier molecular flexibility index (Phi) is 7.67. The van der Waals surface area contributed by atoms with Gasteiger partial charge in [-0.2, -0.15) is 0 Å². The molecule has 0 bridgehead atoms. The van der Waals surface area contributed by atoms with Crippen LogP contribution in [0.15, 0.2) is 29.4 Å². The zero-order valence-electron chi connectivity index (χ0n) is 11.2. The number of aliphatic carboxylic acids is 1. The Hall–Kier alpha value is -1.60. The number of amides is 1. The molecule has 0 aliphatic heterocycles. The lowest BCUT2D eigenvalue weighted by molar-refractivity contribution is -0.141. The summed E-state index contributed by atoms with van der Waals surface area (Å²) in [7, 11) is 1.56. The molecule has 20 heavy (non-hydrogen) atoms. The highest BCUT2D eigenvalue weighted by molar-refractivity contribution is 8.00. The molecular formula is C13H18N2O4S. The van der Waals surface area contributed by atoms with Gasteiger partial charge in [0.25, 0.3) is 0 Å². The minimum atomic E-state index is -1.02. The van der Waals surface area contributed by atoms with Gasteiger partial charge in [0, 0.05) is 31.0 Å². The van der Waals surface area contributed by atoms with E-state index in [0.29, 0.717) is 19.4 Å². The van der Waals surface area contributed by atoms with Gasteiger partial charge in [0.1, 0.15) is 6.04 Å². The molecule has 0 aromatic carbocycles. The number of carbonyl (C=O) groups excluding carboxylic acids is 1. The first-order valence-electron chi connectivity index (χ1n) is 6.17. The molecule has 1 unspecified atom stereocenters. The molecule has 1 rings (SSSR count). The van der Waals surface area contributed by atoms with Crippen LogP contribution in [0.1, 0.15) is 12.8 Å². The second kappa shape index (κ2) is 9.33. The van der Waals surface area contributed by atoms with E-state index >= 15 is 0 Å². The van der Waals surface area contributed by atoms with Crippen LogP contribution in [0, 0.1) is 0 Å². The van der Waals surface area contributed by atoms with E-state index in [0.717, 1.165) is 4.90 Å². The van der Waals surface area contributed by atoms with Crippen LogP contribution in [0.3, 0.4) is 0 Å². The first-order chi connectivity index (χ1) is 9.63. The number of methoxy groups -OCH3 is 1. The van der Waals surface area contributed by atoms with Crippen LogP contribution >= 0.6 is 11.8 Å². The van der Waals surface area contributed by atoms with Gasteiger partial charge in [-0.1, -0.05) is 0 Å². The predicted octanol–water partition coefficient (Wildman–Crippen LogP) is 1.17. The number of pyridine rings is 1. The van der Waals surface area contributed by atoms with Crippen molar-refractivity contribution in [1.82, 2.24) is 10.3 Å². The van der Waals surface area contributed by atoms with Crippen molar-refractivity contribution in [3.8, 4) is 0 Å². The van der Waals surface area contributed by atoms with E-state index in [1.807, 2.05) is 0 Å². The zero-order valence-corrected chi connectivity index (χ0v) is 12.1. The fraction of sp³-hybridized carbons (Fsp3) is 0.462. The van der Waals surface area contributed by atoms with Gasteiger partial charge in [0.05, 0.1) is 5.75 Å². The molecular weight excluding hydrogens is 280 g/mol. The average molecular weight is 298 g/mol. The van der Waals surface area contributed by atoms with Crippen LogP contribution in [0.4, 0.5) is 0 Å². The number of ether oxygens (including phenoxy) is 1. The Labute approximate surface area is 121 Å². The van der Waals surface area contributed by atoms with Crippen LogP contribution in [-0.4, -0.2) is 47.5 Å². The number of thioether (sulfide) groups is 1.